The van der Waals surface area contributed by atoms with E-state index in [1.54, 1.807) is 32.1 Å². The summed E-state index contributed by atoms with van der Waals surface area (Å²) in [6.07, 6.45) is 1.68. The number of rotatable bonds is 6. The van der Waals surface area contributed by atoms with Crippen LogP contribution in [0.3, 0.4) is 0 Å². The van der Waals surface area contributed by atoms with E-state index in [0.29, 0.717) is 49.2 Å². The van der Waals surface area contributed by atoms with Gasteiger partial charge in [0.05, 0.1) is 24.6 Å². The Hall–Kier alpha value is -3.39. The van der Waals surface area contributed by atoms with Crippen molar-refractivity contribution in [3.05, 3.63) is 63.6 Å². The van der Waals surface area contributed by atoms with Crippen molar-refractivity contribution < 1.29 is 19.4 Å². The molecule has 0 bridgehead atoms. The number of aliphatic imine (C=N–C) groups is 1. The summed E-state index contributed by atoms with van der Waals surface area (Å²) in [5.41, 5.74) is 2.06. The van der Waals surface area contributed by atoms with Gasteiger partial charge in [-0.1, -0.05) is 12.1 Å². The molecule has 8 heteroatoms. The van der Waals surface area contributed by atoms with E-state index in [9.17, 15) is 14.7 Å². The molecule has 1 amide bonds. The number of ether oxygens (including phenoxy) is 2. The maximum Gasteiger partial charge on any atom is 0.263 e. The lowest BCUT2D eigenvalue weighted by molar-refractivity contribution is -0.125. The Morgan fingerprint density at radius 1 is 1.26 bits per heavy atom. The van der Waals surface area contributed by atoms with Crippen LogP contribution < -0.4 is 10.3 Å². The van der Waals surface area contributed by atoms with Crippen LogP contribution in [0, 0.1) is 6.92 Å². The van der Waals surface area contributed by atoms with Gasteiger partial charge in [0.25, 0.3) is 5.56 Å². The number of aromatic nitrogens is 1. The lowest BCUT2D eigenvalue weighted by Crippen LogP contribution is -2.29. The van der Waals surface area contributed by atoms with E-state index in [1.165, 1.54) is 17.6 Å². The fourth-order valence-corrected chi connectivity index (χ4v) is 3.39. The van der Waals surface area contributed by atoms with Gasteiger partial charge in [0.15, 0.2) is 0 Å². The molecule has 2 heterocycles. The van der Waals surface area contributed by atoms with Crippen LogP contribution in [-0.2, 0) is 16.6 Å². The molecular weight excluding hydrogens is 398 g/mol. The monoisotopic (exact) mass is 425 g/mol. The van der Waals surface area contributed by atoms with E-state index in [4.69, 9.17) is 9.47 Å². The standard InChI is InChI=1S/C23H27N3O5/c1-15-12-21(28)22(23(29)25(15)3)19-14-20(26(16(2)27)9-8-24-19)17-6-5-7-18(13-17)31-11-10-30-4/h5-7,12-14,28H,8-11H2,1-4H3. The van der Waals surface area contributed by atoms with Crippen molar-refractivity contribution in [2.45, 2.75) is 13.8 Å². The van der Waals surface area contributed by atoms with Gasteiger partial charge in [0.2, 0.25) is 5.91 Å². The number of carbonyl (C=O) groups excluding carboxylic acids is 1. The SMILES string of the molecule is COCCOc1cccc(C2=CC(c3c(O)cc(C)n(C)c3=O)=NCCN2C(C)=O)c1. The van der Waals surface area contributed by atoms with Gasteiger partial charge in [0.1, 0.15) is 23.7 Å². The molecule has 0 saturated heterocycles. The van der Waals surface area contributed by atoms with Gasteiger partial charge < -0.3 is 24.0 Å². The molecule has 8 nitrogen and oxygen atoms in total. The van der Waals surface area contributed by atoms with Crippen LogP contribution in [0.2, 0.25) is 0 Å². The lowest BCUT2D eigenvalue weighted by Gasteiger charge is -2.23. The third kappa shape index (κ3) is 4.86. The molecule has 0 aliphatic carbocycles. The Morgan fingerprint density at radius 3 is 2.74 bits per heavy atom. The number of aromatic hydroxyl groups is 1. The second-order valence-corrected chi connectivity index (χ2v) is 7.25. The molecule has 1 aromatic carbocycles. The minimum Gasteiger partial charge on any atom is -0.507 e. The number of carbonyl (C=O) groups is 1. The first-order valence-electron chi connectivity index (χ1n) is 10.00. The first kappa shape index (κ1) is 22.3. The van der Waals surface area contributed by atoms with Gasteiger partial charge in [-0.25, -0.2) is 0 Å². The number of benzene rings is 1. The summed E-state index contributed by atoms with van der Waals surface area (Å²) >= 11 is 0. The molecule has 1 aliphatic heterocycles. The average Bonchev–Trinajstić information content (AvgIpc) is 2.96. The molecule has 1 aromatic heterocycles. The molecule has 1 N–H and O–H groups in total. The van der Waals surface area contributed by atoms with Gasteiger partial charge in [-0.3, -0.25) is 14.6 Å². The molecule has 0 spiro atoms. The number of nitrogens with zero attached hydrogens (tertiary/aromatic N) is 3. The second kappa shape index (κ2) is 9.61. The second-order valence-electron chi connectivity index (χ2n) is 7.25. The highest BCUT2D eigenvalue weighted by atomic mass is 16.5. The number of allylic oxidation sites excluding steroid dienone is 1. The number of pyridine rings is 1. The van der Waals surface area contributed by atoms with Crippen LogP contribution in [0.4, 0.5) is 0 Å². The fraction of sp³-hybridized carbons (Fsp3) is 0.348. The van der Waals surface area contributed by atoms with E-state index < -0.39 is 0 Å². The van der Waals surface area contributed by atoms with Crippen molar-refractivity contribution in [2.75, 3.05) is 33.4 Å². The third-order valence-electron chi connectivity index (χ3n) is 5.14. The largest absolute Gasteiger partial charge is 0.507 e. The Balaban J connectivity index is 2.11. The van der Waals surface area contributed by atoms with Crippen molar-refractivity contribution in [1.82, 2.24) is 9.47 Å². The summed E-state index contributed by atoms with van der Waals surface area (Å²) < 4.78 is 12.2. The molecule has 3 rings (SSSR count). The zero-order valence-electron chi connectivity index (χ0n) is 18.2. The van der Waals surface area contributed by atoms with Crippen LogP contribution >= 0.6 is 0 Å². The fourth-order valence-electron chi connectivity index (χ4n) is 3.39. The van der Waals surface area contributed by atoms with Gasteiger partial charge in [0, 0.05) is 44.9 Å². The third-order valence-corrected chi connectivity index (χ3v) is 5.14. The quantitative estimate of drug-likeness (QED) is 0.716. The van der Waals surface area contributed by atoms with E-state index >= 15 is 0 Å². The summed E-state index contributed by atoms with van der Waals surface area (Å²) in [5, 5.41) is 10.5. The maximum atomic E-state index is 12.9. The molecule has 1 aliphatic rings. The number of hydrogen-bond acceptors (Lipinski definition) is 6. The number of methoxy groups -OCH3 is 1. The van der Waals surface area contributed by atoms with Crippen LogP contribution in [0.15, 0.2) is 46.2 Å². The summed E-state index contributed by atoms with van der Waals surface area (Å²) in [6, 6.07) is 8.88. The van der Waals surface area contributed by atoms with Crippen molar-refractivity contribution in [2.24, 2.45) is 12.0 Å². The topological polar surface area (TPSA) is 93.4 Å². The van der Waals surface area contributed by atoms with Crippen molar-refractivity contribution in [3.63, 3.8) is 0 Å². The minimum absolute atomic E-state index is 0.114. The molecule has 0 radical (unpaired) electrons. The van der Waals surface area contributed by atoms with Crippen molar-refractivity contribution >= 4 is 17.3 Å². The summed E-state index contributed by atoms with van der Waals surface area (Å²) in [6.45, 7) is 4.74. The van der Waals surface area contributed by atoms with Crippen molar-refractivity contribution in [3.8, 4) is 11.5 Å². The number of amides is 1. The average molecular weight is 425 g/mol. The first-order valence-corrected chi connectivity index (χ1v) is 10.00. The molecule has 164 valence electrons. The predicted octanol–water partition coefficient (Wildman–Crippen LogP) is 2.12. The minimum atomic E-state index is -0.347. The Labute approximate surface area is 181 Å². The molecule has 31 heavy (non-hydrogen) atoms. The Bertz CT molecular complexity index is 1100. The normalized spacial score (nSPS) is 14.0. The molecule has 0 unspecified atom stereocenters. The molecule has 0 atom stereocenters. The van der Waals surface area contributed by atoms with Crippen LogP contribution in [0.1, 0.15) is 23.7 Å². The summed E-state index contributed by atoms with van der Waals surface area (Å²) in [7, 11) is 3.25. The van der Waals surface area contributed by atoms with Gasteiger partial charge in [-0.15, -0.1) is 0 Å². The summed E-state index contributed by atoms with van der Waals surface area (Å²) in [5.74, 6) is 0.355. The zero-order chi connectivity index (χ0) is 22.5. The van der Waals surface area contributed by atoms with Crippen LogP contribution in [-0.4, -0.2) is 59.6 Å². The summed E-state index contributed by atoms with van der Waals surface area (Å²) in [4.78, 5) is 31.4. The van der Waals surface area contributed by atoms with E-state index in [2.05, 4.69) is 4.99 Å². The number of aryl methyl sites for hydroxylation is 1. The van der Waals surface area contributed by atoms with E-state index in [-0.39, 0.29) is 22.8 Å². The van der Waals surface area contributed by atoms with E-state index in [1.807, 2.05) is 24.3 Å². The van der Waals surface area contributed by atoms with Gasteiger partial charge >= 0.3 is 0 Å². The van der Waals surface area contributed by atoms with Gasteiger partial charge in [-0.2, -0.15) is 0 Å². The molecule has 2 aromatic rings. The lowest BCUT2D eigenvalue weighted by atomic mass is 10.0. The highest BCUT2D eigenvalue weighted by Gasteiger charge is 2.23. The predicted molar refractivity (Wildman–Crippen MR) is 119 cm³/mol. The zero-order valence-corrected chi connectivity index (χ0v) is 18.2. The molecular formula is C23H27N3O5. The smallest absolute Gasteiger partial charge is 0.263 e. The Kier molecular flexibility index (Phi) is 6.91. The van der Waals surface area contributed by atoms with Crippen LogP contribution in [0.5, 0.6) is 11.5 Å². The van der Waals surface area contributed by atoms with Gasteiger partial charge in [-0.05, 0) is 25.1 Å². The Morgan fingerprint density at radius 2 is 2.03 bits per heavy atom. The number of hydrogen-bond donors (Lipinski definition) is 1. The van der Waals surface area contributed by atoms with E-state index in [0.717, 1.165) is 5.56 Å². The highest BCUT2D eigenvalue weighted by molar-refractivity contribution is 6.14. The van der Waals surface area contributed by atoms with Crippen molar-refractivity contribution in [1.29, 1.82) is 0 Å². The van der Waals surface area contributed by atoms with Crippen LogP contribution in [0.25, 0.3) is 5.70 Å². The maximum absolute atomic E-state index is 12.9. The highest BCUT2D eigenvalue weighted by Crippen LogP contribution is 2.27. The molecule has 0 fully saturated rings. The first-order chi connectivity index (χ1) is 14.8. The molecule has 0 saturated carbocycles.